The molecule has 0 bridgehead atoms. The van der Waals surface area contributed by atoms with Gasteiger partial charge in [0.15, 0.2) is 17.3 Å². The number of carboxylic acids is 1. The van der Waals surface area contributed by atoms with Gasteiger partial charge in [-0.25, -0.2) is 8.42 Å². The molecule has 0 amide bonds. The molecular formula is C11H13NO6S. The van der Waals surface area contributed by atoms with Crippen molar-refractivity contribution in [3.63, 3.8) is 0 Å². The number of anilines is 1. The van der Waals surface area contributed by atoms with Crippen molar-refractivity contribution in [2.45, 2.75) is 6.42 Å². The van der Waals surface area contributed by atoms with Crippen LogP contribution in [0.4, 0.5) is 5.69 Å². The monoisotopic (exact) mass is 287 g/mol. The van der Waals surface area contributed by atoms with E-state index >= 15 is 0 Å². The molecule has 0 aromatic heterocycles. The number of nitrogens with one attached hydrogen (secondary N) is 1. The maximum absolute atomic E-state index is 11.5. The second-order valence-corrected chi connectivity index (χ2v) is 5.69. The lowest BCUT2D eigenvalue weighted by Crippen LogP contribution is -2.22. The van der Waals surface area contributed by atoms with Gasteiger partial charge < -0.3 is 14.6 Å². The molecule has 0 radical (unpaired) electrons. The van der Waals surface area contributed by atoms with E-state index in [-0.39, 0.29) is 5.69 Å². The third-order valence-electron chi connectivity index (χ3n) is 2.33. The van der Waals surface area contributed by atoms with Crippen molar-refractivity contribution in [2.24, 2.45) is 0 Å². The van der Waals surface area contributed by atoms with Crippen LogP contribution in [-0.2, 0) is 14.8 Å². The first-order valence-corrected chi connectivity index (χ1v) is 7.23. The van der Waals surface area contributed by atoms with E-state index in [4.69, 9.17) is 14.6 Å². The van der Waals surface area contributed by atoms with Crippen molar-refractivity contribution in [1.29, 1.82) is 0 Å². The normalized spacial score (nSPS) is 14.5. The molecule has 2 N–H and O–H groups in total. The topological polar surface area (TPSA) is 102 Å². The average molecular weight is 287 g/mol. The fourth-order valence-corrected chi connectivity index (χ4v) is 2.49. The predicted octanol–water partition coefficient (Wildman–Crippen LogP) is 0.674. The lowest BCUT2D eigenvalue weighted by molar-refractivity contribution is -0.134. The molecule has 7 nitrogen and oxygen atoms in total. The molecule has 104 valence electrons. The Labute approximate surface area is 110 Å². The van der Waals surface area contributed by atoms with Gasteiger partial charge in [0.1, 0.15) is 0 Å². The summed E-state index contributed by atoms with van der Waals surface area (Å²) in [6.07, 6.45) is 0.745. The molecule has 1 aliphatic rings. The summed E-state index contributed by atoms with van der Waals surface area (Å²) < 4.78 is 36.0. The van der Waals surface area contributed by atoms with E-state index < -0.39 is 21.7 Å². The molecule has 0 unspecified atom stereocenters. The van der Waals surface area contributed by atoms with E-state index in [0.717, 1.165) is 6.42 Å². The number of fused-ring (bicyclic) bond motifs is 1. The second kappa shape index (κ2) is 5.35. The largest absolute Gasteiger partial charge is 0.490 e. The minimum absolute atomic E-state index is 0.241. The van der Waals surface area contributed by atoms with Crippen molar-refractivity contribution in [1.82, 2.24) is 0 Å². The van der Waals surface area contributed by atoms with Crippen LogP contribution in [0.5, 0.6) is 11.5 Å². The smallest absolute Gasteiger partial charge is 0.320 e. The van der Waals surface area contributed by atoms with Crippen LogP contribution in [0.25, 0.3) is 0 Å². The summed E-state index contributed by atoms with van der Waals surface area (Å²) in [5.74, 6) is -1.42. The average Bonchev–Trinajstić information content (AvgIpc) is 2.50. The predicted molar refractivity (Wildman–Crippen MR) is 67.1 cm³/mol. The van der Waals surface area contributed by atoms with Gasteiger partial charge >= 0.3 is 5.97 Å². The molecule has 1 heterocycles. The summed E-state index contributed by atoms with van der Waals surface area (Å²) in [6, 6.07) is 4.55. The fraction of sp³-hybridized carbons (Fsp3) is 0.364. The van der Waals surface area contributed by atoms with Gasteiger partial charge in [-0.2, -0.15) is 0 Å². The summed E-state index contributed by atoms with van der Waals surface area (Å²) in [4.78, 5) is 10.4. The molecule has 0 saturated heterocycles. The molecule has 8 heteroatoms. The van der Waals surface area contributed by atoms with Crippen LogP contribution in [0.1, 0.15) is 6.42 Å². The highest BCUT2D eigenvalue weighted by molar-refractivity contribution is 7.93. The van der Waals surface area contributed by atoms with Gasteiger partial charge in [0.05, 0.1) is 18.9 Å². The third-order valence-corrected chi connectivity index (χ3v) is 3.51. The van der Waals surface area contributed by atoms with Gasteiger partial charge in [-0.3, -0.25) is 9.52 Å². The number of carboxylic acid groups (broad SMARTS) is 1. The van der Waals surface area contributed by atoms with Gasteiger partial charge in [-0.1, -0.05) is 0 Å². The first kappa shape index (κ1) is 13.5. The van der Waals surface area contributed by atoms with Gasteiger partial charge in [-0.05, 0) is 12.1 Å². The van der Waals surface area contributed by atoms with Crippen molar-refractivity contribution >= 4 is 21.7 Å². The second-order valence-electron chi connectivity index (χ2n) is 3.97. The maximum atomic E-state index is 11.5. The Hall–Kier alpha value is -1.96. The van der Waals surface area contributed by atoms with Gasteiger partial charge in [0, 0.05) is 12.5 Å². The molecule has 1 aliphatic heterocycles. The Morgan fingerprint density at radius 3 is 2.63 bits per heavy atom. The number of benzene rings is 1. The summed E-state index contributed by atoms with van der Waals surface area (Å²) in [7, 11) is -3.92. The van der Waals surface area contributed by atoms with Crippen LogP contribution in [0.3, 0.4) is 0 Å². The zero-order valence-corrected chi connectivity index (χ0v) is 10.8. The van der Waals surface area contributed by atoms with Crippen LogP contribution in [-0.4, -0.2) is 38.5 Å². The third kappa shape index (κ3) is 3.75. The van der Waals surface area contributed by atoms with Crippen molar-refractivity contribution in [3.05, 3.63) is 18.2 Å². The molecule has 0 fully saturated rings. The Bertz CT molecular complexity index is 583. The van der Waals surface area contributed by atoms with Crippen LogP contribution < -0.4 is 14.2 Å². The highest BCUT2D eigenvalue weighted by Gasteiger charge is 2.17. The minimum atomic E-state index is -3.92. The molecule has 19 heavy (non-hydrogen) atoms. The van der Waals surface area contributed by atoms with E-state index in [0.29, 0.717) is 24.7 Å². The van der Waals surface area contributed by atoms with E-state index in [1.807, 2.05) is 0 Å². The van der Waals surface area contributed by atoms with Crippen molar-refractivity contribution in [3.8, 4) is 11.5 Å². The Balaban J connectivity index is 2.18. The Morgan fingerprint density at radius 1 is 1.26 bits per heavy atom. The highest BCUT2D eigenvalue weighted by Crippen LogP contribution is 2.32. The van der Waals surface area contributed by atoms with Crippen LogP contribution in [0, 0.1) is 0 Å². The fourth-order valence-electron chi connectivity index (χ4n) is 1.60. The zero-order valence-electron chi connectivity index (χ0n) is 9.96. The highest BCUT2D eigenvalue weighted by atomic mass is 32.2. The summed E-state index contributed by atoms with van der Waals surface area (Å²) >= 11 is 0. The Kier molecular flexibility index (Phi) is 3.79. The van der Waals surface area contributed by atoms with Gasteiger partial charge in [0.2, 0.25) is 10.0 Å². The first-order valence-electron chi connectivity index (χ1n) is 5.58. The van der Waals surface area contributed by atoms with E-state index in [1.165, 1.54) is 12.1 Å². The number of rotatable bonds is 4. The summed E-state index contributed by atoms with van der Waals surface area (Å²) in [5, 5.41) is 8.49. The SMILES string of the molecule is O=C(O)CS(=O)(=O)Nc1ccc2c(c1)OCCCO2. The maximum Gasteiger partial charge on any atom is 0.320 e. The van der Waals surface area contributed by atoms with Crippen molar-refractivity contribution < 1.29 is 27.8 Å². The van der Waals surface area contributed by atoms with Crippen LogP contribution in [0.15, 0.2) is 18.2 Å². The standard InChI is InChI=1S/C11H13NO6S/c13-11(14)7-19(15,16)12-8-2-3-9-10(6-8)18-5-1-4-17-9/h2-3,6,12H,1,4-5,7H2,(H,13,14). The van der Waals surface area contributed by atoms with Crippen LogP contribution in [0.2, 0.25) is 0 Å². The van der Waals surface area contributed by atoms with E-state index in [1.54, 1.807) is 6.07 Å². The van der Waals surface area contributed by atoms with Crippen molar-refractivity contribution in [2.75, 3.05) is 23.7 Å². The molecule has 0 aliphatic carbocycles. The number of carbonyl (C=O) groups is 1. The molecule has 1 aromatic carbocycles. The molecule has 0 atom stereocenters. The van der Waals surface area contributed by atoms with Crippen LogP contribution >= 0.6 is 0 Å². The zero-order chi connectivity index (χ0) is 13.9. The molecular weight excluding hydrogens is 274 g/mol. The minimum Gasteiger partial charge on any atom is -0.490 e. The molecule has 0 spiro atoms. The quantitative estimate of drug-likeness (QED) is 0.844. The Morgan fingerprint density at radius 2 is 1.95 bits per heavy atom. The number of hydrogen-bond acceptors (Lipinski definition) is 5. The van der Waals surface area contributed by atoms with Gasteiger partial charge in [0.25, 0.3) is 0 Å². The number of sulfonamides is 1. The molecule has 2 rings (SSSR count). The molecule has 0 saturated carbocycles. The lowest BCUT2D eigenvalue weighted by atomic mass is 10.3. The first-order chi connectivity index (χ1) is 8.96. The lowest BCUT2D eigenvalue weighted by Gasteiger charge is -2.10. The summed E-state index contributed by atoms with van der Waals surface area (Å²) in [6.45, 7) is 1.02. The van der Waals surface area contributed by atoms with E-state index in [9.17, 15) is 13.2 Å². The van der Waals surface area contributed by atoms with Gasteiger partial charge in [-0.15, -0.1) is 0 Å². The summed E-state index contributed by atoms with van der Waals surface area (Å²) in [5.41, 5.74) is 0.241. The molecule has 1 aromatic rings. The number of hydrogen-bond donors (Lipinski definition) is 2. The van der Waals surface area contributed by atoms with E-state index in [2.05, 4.69) is 4.72 Å². The number of ether oxygens (including phenoxy) is 2. The number of aliphatic carboxylic acids is 1.